The molecule has 0 radical (unpaired) electrons. The van der Waals surface area contributed by atoms with E-state index in [1.165, 1.54) is 13.2 Å². The van der Waals surface area contributed by atoms with Gasteiger partial charge in [0.1, 0.15) is 0 Å². The van der Waals surface area contributed by atoms with Gasteiger partial charge < -0.3 is 5.32 Å². The van der Waals surface area contributed by atoms with Crippen LogP contribution in [-0.2, 0) is 0 Å². The van der Waals surface area contributed by atoms with Crippen molar-refractivity contribution in [2.75, 3.05) is 7.05 Å². The molecule has 0 aromatic carbocycles. The standard InChI is InChI=1S/C9H12F2N2/c1-6-3-4-7(5-13-6)8(12-2)9(10)11/h3-5,8-9,12H,1-2H3. The van der Waals surface area contributed by atoms with Gasteiger partial charge in [0.2, 0.25) is 0 Å². The van der Waals surface area contributed by atoms with Crippen molar-refractivity contribution in [3.05, 3.63) is 29.6 Å². The Balaban J connectivity index is 2.86. The Morgan fingerprint density at radius 3 is 2.46 bits per heavy atom. The smallest absolute Gasteiger partial charge is 0.257 e. The van der Waals surface area contributed by atoms with Crippen molar-refractivity contribution in [3.63, 3.8) is 0 Å². The molecule has 4 heteroatoms. The second-order valence-electron chi connectivity index (χ2n) is 2.83. The second-order valence-corrected chi connectivity index (χ2v) is 2.83. The highest BCUT2D eigenvalue weighted by Gasteiger charge is 2.19. The molecule has 0 aliphatic carbocycles. The van der Waals surface area contributed by atoms with Gasteiger partial charge >= 0.3 is 0 Å². The van der Waals surface area contributed by atoms with Crippen LogP contribution in [0.4, 0.5) is 8.78 Å². The summed E-state index contributed by atoms with van der Waals surface area (Å²) in [7, 11) is 1.51. The third-order valence-corrected chi connectivity index (χ3v) is 1.86. The summed E-state index contributed by atoms with van der Waals surface area (Å²) in [5, 5.41) is 2.55. The monoisotopic (exact) mass is 186 g/mol. The van der Waals surface area contributed by atoms with Crippen LogP contribution in [0.15, 0.2) is 18.3 Å². The Kier molecular flexibility index (Phi) is 3.31. The van der Waals surface area contributed by atoms with Crippen LogP contribution in [0.25, 0.3) is 0 Å². The minimum absolute atomic E-state index is 0.517. The van der Waals surface area contributed by atoms with E-state index in [0.717, 1.165) is 5.69 Å². The Bertz CT molecular complexity index is 259. The zero-order chi connectivity index (χ0) is 9.84. The summed E-state index contributed by atoms with van der Waals surface area (Å²) in [4.78, 5) is 3.96. The van der Waals surface area contributed by atoms with Crippen molar-refractivity contribution < 1.29 is 8.78 Å². The van der Waals surface area contributed by atoms with E-state index in [9.17, 15) is 8.78 Å². The Hall–Kier alpha value is -1.03. The lowest BCUT2D eigenvalue weighted by Crippen LogP contribution is -2.23. The lowest BCUT2D eigenvalue weighted by atomic mass is 10.1. The van der Waals surface area contributed by atoms with Crippen LogP contribution in [0.2, 0.25) is 0 Å². The zero-order valence-electron chi connectivity index (χ0n) is 7.59. The maximum Gasteiger partial charge on any atom is 0.257 e. The quantitative estimate of drug-likeness (QED) is 0.780. The lowest BCUT2D eigenvalue weighted by molar-refractivity contribution is 0.102. The number of hydrogen-bond donors (Lipinski definition) is 1. The van der Waals surface area contributed by atoms with Crippen LogP contribution in [-0.4, -0.2) is 18.5 Å². The Labute approximate surface area is 76.0 Å². The molecule has 72 valence electrons. The van der Waals surface area contributed by atoms with Gasteiger partial charge in [0.15, 0.2) is 0 Å². The molecule has 1 aromatic rings. The number of halogens is 2. The number of pyridine rings is 1. The van der Waals surface area contributed by atoms with Gasteiger partial charge in [-0.05, 0) is 25.6 Å². The first-order valence-corrected chi connectivity index (χ1v) is 4.03. The third kappa shape index (κ3) is 2.45. The average molecular weight is 186 g/mol. The van der Waals surface area contributed by atoms with Gasteiger partial charge in [-0.1, -0.05) is 6.07 Å². The van der Waals surface area contributed by atoms with E-state index in [2.05, 4.69) is 10.3 Å². The molecule has 0 saturated carbocycles. The molecule has 1 aromatic heterocycles. The van der Waals surface area contributed by atoms with E-state index in [1.54, 1.807) is 12.1 Å². The van der Waals surface area contributed by atoms with Crippen LogP contribution >= 0.6 is 0 Å². The van der Waals surface area contributed by atoms with Gasteiger partial charge in [0, 0.05) is 11.9 Å². The number of rotatable bonds is 3. The largest absolute Gasteiger partial charge is 0.308 e. The summed E-state index contributed by atoms with van der Waals surface area (Å²) in [6, 6.07) is 2.46. The van der Waals surface area contributed by atoms with Crippen LogP contribution in [0, 0.1) is 6.92 Å². The first kappa shape index (κ1) is 10.1. The summed E-state index contributed by atoms with van der Waals surface area (Å²) < 4.78 is 24.8. The maximum atomic E-state index is 12.4. The van der Waals surface area contributed by atoms with Crippen molar-refractivity contribution in [1.29, 1.82) is 0 Å². The molecule has 2 nitrogen and oxygen atoms in total. The highest BCUT2D eigenvalue weighted by molar-refractivity contribution is 5.17. The number of nitrogens with one attached hydrogen (secondary N) is 1. The number of hydrogen-bond acceptors (Lipinski definition) is 2. The molecule has 0 spiro atoms. The number of alkyl halides is 2. The van der Waals surface area contributed by atoms with E-state index in [1.807, 2.05) is 6.92 Å². The van der Waals surface area contributed by atoms with Crippen LogP contribution in [0.5, 0.6) is 0 Å². The number of aryl methyl sites for hydroxylation is 1. The van der Waals surface area contributed by atoms with Gasteiger partial charge in [-0.3, -0.25) is 4.98 Å². The second kappa shape index (κ2) is 4.28. The minimum Gasteiger partial charge on any atom is -0.308 e. The summed E-state index contributed by atoms with van der Waals surface area (Å²) in [6.07, 6.45) is -0.933. The summed E-state index contributed by atoms with van der Waals surface area (Å²) >= 11 is 0. The summed E-state index contributed by atoms with van der Waals surface area (Å²) in [5.41, 5.74) is 1.34. The summed E-state index contributed by atoms with van der Waals surface area (Å²) in [5.74, 6) is 0. The van der Waals surface area contributed by atoms with E-state index in [0.29, 0.717) is 5.56 Å². The van der Waals surface area contributed by atoms with E-state index in [4.69, 9.17) is 0 Å². The predicted octanol–water partition coefficient (Wildman–Crippen LogP) is 1.92. The molecule has 1 unspecified atom stereocenters. The Morgan fingerprint density at radius 1 is 1.38 bits per heavy atom. The molecular formula is C9H12F2N2. The molecule has 0 aliphatic heterocycles. The SMILES string of the molecule is CNC(c1ccc(C)nc1)C(F)F. The van der Waals surface area contributed by atoms with Crippen molar-refractivity contribution >= 4 is 0 Å². The molecule has 1 rings (SSSR count). The topological polar surface area (TPSA) is 24.9 Å². The lowest BCUT2D eigenvalue weighted by Gasteiger charge is -2.14. The molecule has 1 heterocycles. The van der Waals surface area contributed by atoms with E-state index >= 15 is 0 Å². The highest BCUT2D eigenvalue weighted by atomic mass is 19.3. The first-order chi connectivity index (χ1) is 6.15. The molecule has 0 saturated heterocycles. The molecule has 0 amide bonds. The first-order valence-electron chi connectivity index (χ1n) is 4.03. The van der Waals surface area contributed by atoms with E-state index < -0.39 is 12.5 Å². The highest BCUT2D eigenvalue weighted by Crippen LogP contribution is 2.19. The molecule has 0 aliphatic rings. The maximum absolute atomic E-state index is 12.4. The van der Waals surface area contributed by atoms with Crippen LogP contribution in [0.3, 0.4) is 0 Å². The Morgan fingerprint density at radius 2 is 2.08 bits per heavy atom. The molecule has 1 atom stereocenters. The molecule has 0 bridgehead atoms. The van der Waals surface area contributed by atoms with Crippen LogP contribution in [0.1, 0.15) is 17.3 Å². The van der Waals surface area contributed by atoms with Crippen molar-refractivity contribution in [2.24, 2.45) is 0 Å². The zero-order valence-corrected chi connectivity index (χ0v) is 7.59. The number of aromatic nitrogens is 1. The fourth-order valence-corrected chi connectivity index (χ4v) is 1.10. The normalized spacial score (nSPS) is 13.3. The van der Waals surface area contributed by atoms with Crippen molar-refractivity contribution in [1.82, 2.24) is 10.3 Å². The number of nitrogens with zero attached hydrogens (tertiary/aromatic N) is 1. The molecular weight excluding hydrogens is 174 g/mol. The van der Waals surface area contributed by atoms with Gasteiger partial charge in [-0.2, -0.15) is 0 Å². The fraction of sp³-hybridized carbons (Fsp3) is 0.444. The van der Waals surface area contributed by atoms with Gasteiger partial charge in [-0.15, -0.1) is 0 Å². The fourth-order valence-electron chi connectivity index (χ4n) is 1.10. The van der Waals surface area contributed by atoms with Gasteiger partial charge in [0.05, 0.1) is 6.04 Å². The van der Waals surface area contributed by atoms with Crippen molar-refractivity contribution in [2.45, 2.75) is 19.4 Å². The molecule has 13 heavy (non-hydrogen) atoms. The van der Waals surface area contributed by atoms with Crippen LogP contribution < -0.4 is 5.32 Å². The van der Waals surface area contributed by atoms with Crippen molar-refractivity contribution in [3.8, 4) is 0 Å². The van der Waals surface area contributed by atoms with Gasteiger partial charge in [0.25, 0.3) is 6.43 Å². The van der Waals surface area contributed by atoms with Gasteiger partial charge in [-0.25, -0.2) is 8.78 Å². The average Bonchev–Trinajstić information content (AvgIpc) is 2.09. The summed E-state index contributed by atoms with van der Waals surface area (Å²) in [6.45, 7) is 1.82. The van der Waals surface area contributed by atoms with E-state index in [-0.39, 0.29) is 0 Å². The molecule has 0 fully saturated rings. The third-order valence-electron chi connectivity index (χ3n) is 1.86. The molecule has 1 N–H and O–H groups in total. The predicted molar refractivity (Wildman–Crippen MR) is 46.8 cm³/mol. The minimum atomic E-state index is -2.41.